The van der Waals surface area contributed by atoms with E-state index in [1.807, 2.05) is 0 Å². The van der Waals surface area contributed by atoms with Crippen molar-refractivity contribution in [2.75, 3.05) is 39.9 Å². The van der Waals surface area contributed by atoms with Crippen molar-refractivity contribution in [3.63, 3.8) is 0 Å². The molecule has 1 aliphatic rings. The number of carbonyl (C=O) groups excluding carboxylic acids is 2. The molecule has 1 saturated heterocycles. The van der Waals surface area contributed by atoms with Crippen LogP contribution in [-0.2, 0) is 9.59 Å². The fourth-order valence-electron chi connectivity index (χ4n) is 1.86. The summed E-state index contributed by atoms with van der Waals surface area (Å²) in [5.74, 6) is -0.539. The Morgan fingerprint density at radius 3 is 2.38 bits per heavy atom. The lowest BCUT2D eigenvalue weighted by Gasteiger charge is -2.23. The predicted octanol–water partition coefficient (Wildman–Crippen LogP) is -1.72. The molecular weight excluding hydrogens is 212 g/mol. The first kappa shape index (κ1) is 12.9. The molecule has 6 heteroatoms. The number of nitrogens with zero attached hydrogens (tertiary/aromatic N) is 2. The van der Waals surface area contributed by atoms with Crippen molar-refractivity contribution >= 4 is 11.8 Å². The smallest absolute Gasteiger partial charge is 0.228 e. The molecule has 1 fully saturated rings. The lowest BCUT2D eigenvalue weighted by molar-refractivity contribution is -0.136. The molecule has 1 rings (SSSR count). The first-order chi connectivity index (χ1) is 7.60. The highest BCUT2D eigenvalue weighted by molar-refractivity contribution is 5.89. The third-order valence-electron chi connectivity index (χ3n) is 2.74. The highest BCUT2D eigenvalue weighted by Crippen LogP contribution is 2.18. The first-order valence-corrected chi connectivity index (χ1v) is 5.34. The van der Waals surface area contributed by atoms with Gasteiger partial charge in [0, 0.05) is 33.1 Å². The maximum absolute atomic E-state index is 11.9. The Hall–Kier alpha value is -1.14. The standard InChI is InChI=1S/C10H18N2O4/c1-11-7-8(6-9(11)15)10(16)12(2-4-13)3-5-14/h8,13-14H,2-7H2,1H3. The Morgan fingerprint density at radius 2 is 2.00 bits per heavy atom. The van der Waals surface area contributed by atoms with Crippen LogP contribution in [0.25, 0.3) is 0 Å². The van der Waals surface area contributed by atoms with Crippen molar-refractivity contribution in [1.82, 2.24) is 9.80 Å². The van der Waals surface area contributed by atoms with Gasteiger partial charge >= 0.3 is 0 Å². The minimum Gasteiger partial charge on any atom is -0.395 e. The van der Waals surface area contributed by atoms with Gasteiger partial charge < -0.3 is 20.0 Å². The van der Waals surface area contributed by atoms with Gasteiger partial charge in [-0.05, 0) is 0 Å². The fraction of sp³-hybridized carbons (Fsp3) is 0.800. The van der Waals surface area contributed by atoms with Crippen LogP contribution in [0.1, 0.15) is 6.42 Å². The van der Waals surface area contributed by atoms with Crippen LogP contribution in [0.4, 0.5) is 0 Å². The van der Waals surface area contributed by atoms with Crippen molar-refractivity contribution in [3.8, 4) is 0 Å². The minimum atomic E-state index is -0.337. The molecule has 0 radical (unpaired) electrons. The van der Waals surface area contributed by atoms with Crippen LogP contribution in [0.5, 0.6) is 0 Å². The van der Waals surface area contributed by atoms with Gasteiger partial charge in [0.05, 0.1) is 19.1 Å². The lowest BCUT2D eigenvalue weighted by Crippen LogP contribution is -2.40. The number of aliphatic hydroxyl groups excluding tert-OH is 2. The average Bonchev–Trinajstić information content (AvgIpc) is 2.58. The van der Waals surface area contributed by atoms with Crippen molar-refractivity contribution in [2.45, 2.75) is 6.42 Å². The van der Waals surface area contributed by atoms with Gasteiger partial charge in [-0.1, -0.05) is 0 Å². The lowest BCUT2D eigenvalue weighted by atomic mass is 10.1. The van der Waals surface area contributed by atoms with E-state index in [0.29, 0.717) is 6.54 Å². The molecule has 2 N–H and O–H groups in total. The zero-order valence-corrected chi connectivity index (χ0v) is 9.43. The first-order valence-electron chi connectivity index (χ1n) is 5.34. The maximum Gasteiger partial charge on any atom is 0.228 e. The van der Waals surface area contributed by atoms with Gasteiger partial charge in [0.25, 0.3) is 0 Å². The summed E-state index contributed by atoms with van der Waals surface area (Å²) in [5, 5.41) is 17.6. The van der Waals surface area contributed by atoms with E-state index in [0.717, 1.165) is 0 Å². The van der Waals surface area contributed by atoms with Crippen LogP contribution >= 0.6 is 0 Å². The van der Waals surface area contributed by atoms with E-state index in [2.05, 4.69) is 0 Å². The Labute approximate surface area is 94.4 Å². The summed E-state index contributed by atoms with van der Waals surface area (Å²) in [6.07, 6.45) is 0.225. The summed E-state index contributed by atoms with van der Waals surface area (Å²) in [6, 6.07) is 0. The molecule has 1 heterocycles. The second-order valence-corrected chi connectivity index (χ2v) is 3.95. The van der Waals surface area contributed by atoms with Crippen molar-refractivity contribution in [1.29, 1.82) is 0 Å². The summed E-state index contributed by atoms with van der Waals surface area (Å²) in [4.78, 5) is 26.2. The SMILES string of the molecule is CN1CC(C(=O)N(CCO)CCO)CC1=O. The summed E-state index contributed by atoms with van der Waals surface area (Å²) >= 11 is 0. The molecular formula is C10H18N2O4. The number of hydrogen-bond donors (Lipinski definition) is 2. The molecule has 1 unspecified atom stereocenters. The van der Waals surface area contributed by atoms with E-state index >= 15 is 0 Å². The number of carbonyl (C=O) groups is 2. The van der Waals surface area contributed by atoms with Gasteiger partial charge in [-0.2, -0.15) is 0 Å². The van der Waals surface area contributed by atoms with Crippen LogP contribution in [0.2, 0.25) is 0 Å². The summed E-state index contributed by atoms with van der Waals surface area (Å²) in [6.45, 7) is 0.553. The quantitative estimate of drug-likeness (QED) is 0.588. The Kier molecular flexibility index (Phi) is 4.70. The van der Waals surface area contributed by atoms with Crippen molar-refractivity contribution < 1.29 is 19.8 Å². The molecule has 1 aliphatic heterocycles. The second-order valence-electron chi connectivity index (χ2n) is 3.95. The number of amides is 2. The highest BCUT2D eigenvalue weighted by Gasteiger charge is 2.34. The van der Waals surface area contributed by atoms with Crippen LogP contribution in [0.3, 0.4) is 0 Å². The van der Waals surface area contributed by atoms with Gasteiger partial charge in [0.2, 0.25) is 11.8 Å². The maximum atomic E-state index is 11.9. The monoisotopic (exact) mass is 230 g/mol. The fourth-order valence-corrected chi connectivity index (χ4v) is 1.86. The molecule has 0 aromatic heterocycles. The molecule has 0 spiro atoms. The van der Waals surface area contributed by atoms with E-state index in [1.165, 1.54) is 9.80 Å². The molecule has 0 bridgehead atoms. The third kappa shape index (κ3) is 2.93. The van der Waals surface area contributed by atoms with Crippen LogP contribution < -0.4 is 0 Å². The predicted molar refractivity (Wildman–Crippen MR) is 56.5 cm³/mol. The van der Waals surface area contributed by atoms with E-state index in [4.69, 9.17) is 10.2 Å². The van der Waals surface area contributed by atoms with Gasteiger partial charge in [-0.25, -0.2) is 0 Å². The van der Waals surface area contributed by atoms with Gasteiger partial charge in [0.1, 0.15) is 0 Å². The van der Waals surface area contributed by atoms with Crippen LogP contribution in [0.15, 0.2) is 0 Å². The largest absolute Gasteiger partial charge is 0.395 e. The summed E-state index contributed by atoms with van der Waals surface area (Å²) < 4.78 is 0. The molecule has 0 aromatic carbocycles. The average molecular weight is 230 g/mol. The van der Waals surface area contributed by atoms with E-state index in [1.54, 1.807) is 7.05 Å². The minimum absolute atomic E-state index is 0.0358. The van der Waals surface area contributed by atoms with Crippen molar-refractivity contribution in [3.05, 3.63) is 0 Å². The second kappa shape index (κ2) is 5.81. The molecule has 6 nitrogen and oxygen atoms in total. The topological polar surface area (TPSA) is 81.1 Å². The van der Waals surface area contributed by atoms with Crippen LogP contribution in [0, 0.1) is 5.92 Å². The van der Waals surface area contributed by atoms with E-state index < -0.39 is 0 Å². The summed E-state index contributed by atoms with van der Waals surface area (Å²) in [5.41, 5.74) is 0. The van der Waals surface area contributed by atoms with Gasteiger partial charge in [-0.3, -0.25) is 9.59 Å². The Morgan fingerprint density at radius 1 is 1.44 bits per heavy atom. The van der Waals surface area contributed by atoms with E-state index in [9.17, 15) is 9.59 Å². The normalized spacial score (nSPS) is 20.3. The van der Waals surface area contributed by atoms with Crippen molar-refractivity contribution in [2.24, 2.45) is 5.92 Å². The molecule has 92 valence electrons. The molecule has 2 amide bonds. The van der Waals surface area contributed by atoms with E-state index in [-0.39, 0.29) is 50.5 Å². The number of rotatable bonds is 5. The van der Waals surface area contributed by atoms with Gasteiger partial charge in [-0.15, -0.1) is 0 Å². The highest BCUT2D eigenvalue weighted by atomic mass is 16.3. The Bertz CT molecular complexity index is 264. The molecule has 0 aromatic rings. The number of aliphatic hydroxyl groups is 2. The molecule has 1 atom stereocenters. The summed E-state index contributed by atoms with van der Waals surface area (Å²) in [7, 11) is 1.66. The zero-order chi connectivity index (χ0) is 12.1. The van der Waals surface area contributed by atoms with Crippen LogP contribution in [-0.4, -0.2) is 71.7 Å². The third-order valence-corrected chi connectivity index (χ3v) is 2.74. The molecule has 16 heavy (non-hydrogen) atoms. The molecule has 0 aliphatic carbocycles. The van der Waals surface area contributed by atoms with Gasteiger partial charge in [0.15, 0.2) is 0 Å². The zero-order valence-electron chi connectivity index (χ0n) is 9.43. The number of likely N-dealkylation sites (tertiary alicyclic amines) is 1. The number of hydrogen-bond acceptors (Lipinski definition) is 4. The Balaban J connectivity index is 2.57. The molecule has 0 saturated carbocycles.